The zero-order chi connectivity index (χ0) is 10.8. The van der Waals surface area contributed by atoms with Crippen LogP contribution in [0, 0.1) is 0 Å². The Hall–Kier alpha value is -2.30. The van der Waals surface area contributed by atoms with Crippen LogP contribution in [0.15, 0.2) is 35.1 Å². The number of hydrogen-bond acceptors (Lipinski definition) is 4. The first-order chi connectivity index (χ1) is 7.15. The molecule has 15 heavy (non-hydrogen) atoms. The van der Waals surface area contributed by atoms with E-state index in [4.69, 9.17) is 10.8 Å². The number of aromatic hydroxyl groups is 1. The van der Waals surface area contributed by atoms with E-state index in [9.17, 15) is 4.79 Å². The van der Waals surface area contributed by atoms with Crippen LogP contribution in [0.3, 0.4) is 0 Å². The van der Waals surface area contributed by atoms with Gasteiger partial charge in [-0.2, -0.15) is 0 Å². The van der Waals surface area contributed by atoms with Crippen molar-refractivity contribution < 1.29 is 5.11 Å². The van der Waals surface area contributed by atoms with Crippen molar-refractivity contribution >= 4 is 5.95 Å². The van der Waals surface area contributed by atoms with E-state index >= 15 is 0 Å². The lowest BCUT2D eigenvalue weighted by Gasteiger charge is -2.01. The van der Waals surface area contributed by atoms with Crippen LogP contribution in [-0.4, -0.2) is 15.1 Å². The predicted molar refractivity (Wildman–Crippen MR) is 56.4 cm³/mol. The molecule has 5 nitrogen and oxygen atoms in total. The molecule has 2 aromatic rings. The molecule has 2 rings (SSSR count). The van der Waals surface area contributed by atoms with Crippen molar-refractivity contribution in [1.82, 2.24) is 9.97 Å². The molecule has 0 fully saturated rings. The molecule has 76 valence electrons. The van der Waals surface area contributed by atoms with E-state index in [1.807, 2.05) is 0 Å². The summed E-state index contributed by atoms with van der Waals surface area (Å²) >= 11 is 0. The molecule has 0 saturated heterocycles. The second kappa shape index (κ2) is 3.45. The first-order valence-corrected chi connectivity index (χ1v) is 4.31. The molecule has 1 heterocycles. The first kappa shape index (κ1) is 9.26. The normalized spacial score (nSPS) is 10.1. The maximum absolute atomic E-state index is 11.1. The Balaban J connectivity index is 2.54. The Morgan fingerprint density at radius 1 is 1.27 bits per heavy atom. The summed E-state index contributed by atoms with van der Waals surface area (Å²) in [6, 6.07) is 7.72. The monoisotopic (exact) mass is 203 g/mol. The standard InChI is InChI=1S/C10H9N3O2/c11-10-12-8(5-9(15)13-10)6-1-3-7(14)4-2-6/h1-5,14H,(H3,11,12,13,15). The molecule has 0 bridgehead atoms. The molecule has 4 N–H and O–H groups in total. The smallest absolute Gasteiger partial charge is 0.252 e. The molecule has 0 spiro atoms. The van der Waals surface area contributed by atoms with Crippen molar-refractivity contribution in [2.75, 3.05) is 5.73 Å². The quantitative estimate of drug-likeness (QED) is 0.636. The lowest BCUT2D eigenvalue weighted by Crippen LogP contribution is -2.10. The zero-order valence-corrected chi connectivity index (χ0v) is 7.77. The highest BCUT2D eigenvalue weighted by Crippen LogP contribution is 2.18. The summed E-state index contributed by atoms with van der Waals surface area (Å²) < 4.78 is 0. The molecule has 5 heteroatoms. The Bertz CT molecular complexity index is 531. The van der Waals surface area contributed by atoms with Crippen molar-refractivity contribution in [3.8, 4) is 17.0 Å². The molecular formula is C10H9N3O2. The van der Waals surface area contributed by atoms with Crippen LogP contribution in [-0.2, 0) is 0 Å². The number of aromatic amines is 1. The summed E-state index contributed by atoms with van der Waals surface area (Å²) in [4.78, 5) is 17.5. The molecule has 1 aromatic heterocycles. The van der Waals surface area contributed by atoms with Crippen LogP contribution in [0.4, 0.5) is 5.95 Å². The largest absolute Gasteiger partial charge is 0.508 e. The fourth-order valence-corrected chi connectivity index (χ4v) is 1.26. The molecule has 0 aliphatic heterocycles. The van der Waals surface area contributed by atoms with E-state index in [2.05, 4.69) is 9.97 Å². The van der Waals surface area contributed by atoms with Gasteiger partial charge >= 0.3 is 0 Å². The number of benzene rings is 1. The van der Waals surface area contributed by atoms with E-state index in [-0.39, 0.29) is 17.3 Å². The topological polar surface area (TPSA) is 92.0 Å². The number of nitrogens with one attached hydrogen (secondary N) is 1. The number of aromatic nitrogens is 2. The van der Waals surface area contributed by atoms with Gasteiger partial charge < -0.3 is 10.8 Å². The predicted octanol–water partition coefficient (Wildman–Crippen LogP) is 0.725. The van der Waals surface area contributed by atoms with Gasteiger partial charge in [0.05, 0.1) is 5.69 Å². The van der Waals surface area contributed by atoms with Crippen molar-refractivity contribution in [3.05, 3.63) is 40.7 Å². The van der Waals surface area contributed by atoms with Gasteiger partial charge in [0.25, 0.3) is 5.56 Å². The van der Waals surface area contributed by atoms with E-state index in [0.29, 0.717) is 5.69 Å². The van der Waals surface area contributed by atoms with Crippen molar-refractivity contribution in [3.63, 3.8) is 0 Å². The summed E-state index contributed by atoms with van der Waals surface area (Å²) in [5, 5.41) is 9.10. The van der Waals surface area contributed by atoms with Gasteiger partial charge in [-0.15, -0.1) is 0 Å². The van der Waals surface area contributed by atoms with Gasteiger partial charge in [0.2, 0.25) is 5.95 Å². The Morgan fingerprint density at radius 3 is 2.53 bits per heavy atom. The fraction of sp³-hybridized carbons (Fsp3) is 0. The van der Waals surface area contributed by atoms with E-state index < -0.39 is 0 Å². The van der Waals surface area contributed by atoms with Gasteiger partial charge in [-0.3, -0.25) is 9.78 Å². The first-order valence-electron chi connectivity index (χ1n) is 4.31. The molecule has 0 amide bonds. The van der Waals surface area contributed by atoms with Gasteiger partial charge in [-0.05, 0) is 24.3 Å². The van der Waals surface area contributed by atoms with E-state index in [0.717, 1.165) is 5.56 Å². The zero-order valence-electron chi connectivity index (χ0n) is 7.77. The van der Waals surface area contributed by atoms with E-state index in [1.165, 1.54) is 18.2 Å². The van der Waals surface area contributed by atoms with Crippen molar-refractivity contribution in [1.29, 1.82) is 0 Å². The van der Waals surface area contributed by atoms with Crippen LogP contribution in [0.5, 0.6) is 5.75 Å². The highest BCUT2D eigenvalue weighted by molar-refractivity contribution is 5.60. The van der Waals surface area contributed by atoms with Crippen LogP contribution in [0.2, 0.25) is 0 Å². The number of nitrogens with zero attached hydrogens (tertiary/aromatic N) is 1. The fourth-order valence-electron chi connectivity index (χ4n) is 1.26. The number of hydrogen-bond donors (Lipinski definition) is 3. The van der Waals surface area contributed by atoms with Crippen LogP contribution in [0.25, 0.3) is 11.3 Å². The second-order valence-electron chi connectivity index (χ2n) is 3.06. The van der Waals surface area contributed by atoms with Gasteiger partial charge in [-0.1, -0.05) is 0 Å². The minimum Gasteiger partial charge on any atom is -0.508 e. The summed E-state index contributed by atoms with van der Waals surface area (Å²) in [5.74, 6) is 0.238. The highest BCUT2D eigenvalue weighted by atomic mass is 16.3. The number of rotatable bonds is 1. The average molecular weight is 203 g/mol. The lowest BCUT2D eigenvalue weighted by atomic mass is 10.1. The maximum atomic E-state index is 11.1. The third-order valence-corrected chi connectivity index (χ3v) is 1.92. The summed E-state index contributed by atoms with van der Waals surface area (Å²) in [5.41, 5.74) is 6.32. The minimum absolute atomic E-state index is 0.0746. The molecule has 0 aliphatic carbocycles. The van der Waals surface area contributed by atoms with Crippen LogP contribution >= 0.6 is 0 Å². The summed E-state index contributed by atoms with van der Waals surface area (Å²) in [7, 11) is 0. The Kier molecular flexibility index (Phi) is 2.13. The number of nitrogen functional groups attached to an aromatic ring is 1. The molecule has 0 atom stereocenters. The number of anilines is 1. The molecule has 0 unspecified atom stereocenters. The second-order valence-corrected chi connectivity index (χ2v) is 3.06. The highest BCUT2D eigenvalue weighted by Gasteiger charge is 2.01. The third kappa shape index (κ3) is 1.96. The Morgan fingerprint density at radius 2 is 1.93 bits per heavy atom. The molecule has 0 saturated carbocycles. The molecule has 0 aliphatic rings. The van der Waals surface area contributed by atoms with Crippen LogP contribution in [0.1, 0.15) is 0 Å². The number of H-pyrrole nitrogens is 1. The molecule has 1 aromatic carbocycles. The van der Waals surface area contributed by atoms with Crippen molar-refractivity contribution in [2.45, 2.75) is 0 Å². The summed E-state index contributed by atoms with van der Waals surface area (Å²) in [6.45, 7) is 0. The van der Waals surface area contributed by atoms with Crippen LogP contribution < -0.4 is 11.3 Å². The minimum atomic E-state index is -0.300. The van der Waals surface area contributed by atoms with Gasteiger partial charge in [0.15, 0.2) is 0 Å². The summed E-state index contributed by atoms with van der Waals surface area (Å²) in [6.07, 6.45) is 0. The molecular weight excluding hydrogens is 194 g/mol. The van der Waals surface area contributed by atoms with Crippen molar-refractivity contribution in [2.24, 2.45) is 0 Å². The van der Waals surface area contributed by atoms with Gasteiger partial charge in [-0.25, -0.2) is 4.98 Å². The Labute approximate surface area is 85.2 Å². The average Bonchev–Trinajstić information content (AvgIpc) is 2.17. The maximum Gasteiger partial charge on any atom is 0.252 e. The molecule has 0 radical (unpaired) electrons. The number of nitrogens with two attached hydrogens (primary N) is 1. The van der Waals surface area contributed by atoms with E-state index in [1.54, 1.807) is 12.1 Å². The SMILES string of the molecule is Nc1nc(-c2ccc(O)cc2)cc(=O)[nH]1. The van der Waals surface area contributed by atoms with Gasteiger partial charge in [0.1, 0.15) is 5.75 Å². The lowest BCUT2D eigenvalue weighted by molar-refractivity contribution is 0.475. The number of phenols is 1. The third-order valence-electron chi connectivity index (χ3n) is 1.92. The van der Waals surface area contributed by atoms with Gasteiger partial charge in [0, 0.05) is 11.6 Å². The number of phenolic OH excluding ortho intramolecular Hbond substituents is 1.